The molecule has 3 N–H and O–H groups in total. The van der Waals surface area contributed by atoms with Gasteiger partial charge in [0.2, 0.25) is 0 Å². The van der Waals surface area contributed by atoms with Crippen LogP contribution in [0.25, 0.3) is 0 Å². The van der Waals surface area contributed by atoms with Crippen LogP contribution in [0.2, 0.25) is 0 Å². The lowest BCUT2D eigenvalue weighted by molar-refractivity contribution is 0.244. The van der Waals surface area contributed by atoms with Crippen LogP contribution in [0, 0.1) is 0 Å². The third-order valence-corrected chi connectivity index (χ3v) is 3.81. The Hall–Kier alpha value is -0.380. The summed E-state index contributed by atoms with van der Waals surface area (Å²) in [6.07, 6.45) is 18.9. The van der Waals surface area contributed by atoms with Gasteiger partial charge in [-0.1, -0.05) is 76.9 Å². The van der Waals surface area contributed by atoms with E-state index in [1.54, 1.807) is 0 Å². The van der Waals surface area contributed by atoms with E-state index in [1.165, 1.54) is 64.2 Å². The lowest BCUT2D eigenvalue weighted by Crippen LogP contribution is -2.32. The molecular formula is C18H37NO2. The van der Waals surface area contributed by atoms with Crippen molar-refractivity contribution in [3.63, 3.8) is 0 Å². The van der Waals surface area contributed by atoms with Gasteiger partial charge in [-0.15, -0.1) is 0 Å². The number of unbranched alkanes of at least 4 members (excludes halogenated alkanes) is 10. The first-order valence-electron chi connectivity index (χ1n) is 8.96. The fraction of sp³-hybridized carbons (Fsp3) is 0.889. The van der Waals surface area contributed by atoms with Crippen LogP contribution in [0.15, 0.2) is 12.2 Å². The summed E-state index contributed by atoms with van der Waals surface area (Å²) in [5.74, 6) is 0. The van der Waals surface area contributed by atoms with Crippen molar-refractivity contribution in [1.29, 1.82) is 0 Å². The molecule has 0 saturated heterocycles. The van der Waals surface area contributed by atoms with E-state index in [2.05, 4.69) is 18.3 Å². The largest absolute Gasteiger partial charge is 0.395 e. The van der Waals surface area contributed by atoms with Crippen molar-refractivity contribution in [3.05, 3.63) is 12.2 Å². The molecule has 0 fully saturated rings. The summed E-state index contributed by atoms with van der Waals surface area (Å²) in [7, 11) is 0. The summed E-state index contributed by atoms with van der Waals surface area (Å²) >= 11 is 0. The van der Waals surface area contributed by atoms with Gasteiger partial charge in [0.15, 0.2) is 0 Å². The Morgan fingerprint density at radius 3 is 1.95 bits per heavy atom. The highest BCUT2D eigenvalue weighted by Gasteiger charge is 1.99. The molecule has 0 aliphatic heterocycles. The maximum atomic E-state index is 9.13. The van der Waals surface area contributed by atoms with Crippen LogP contribution in [-0.4, -0.2) is 36.0 Å². The Morgan fingerprint density at radius 2 is 1.43 bits per heavy atom. The number of hydrogen-bond acceptors (Lipinski definition) is 3. The zero-order valence-electron chi connectivity index (χ0n) is 14.0. The zero-order valence-corrected chi connectivity index (χ0v) is 14.0. The normalized spacial score (nSPS) is 13.1. The maximum absolute atomic E-state index is 9.13. The lowest BCUT2D eigenvalue weighted by atomic mass is 10.1. The highest BCUT2D eigenvalue weighted by atomic mass is 16.3. The average molecular weight is 299 g/mol. The minimum absolute atomic E-state index is 0.0136. The molecule has 3 heteroatoms. The van der Waals surface area contributed by atoms with E-state index in [-0.39, 0.29) is 19.3 Å². The molecule has 126 valence electrons. The smallest absolute Gasteiger partial charge is 0.0620 e. The van der Waals surface area contributed by atoms with Gasteiger partial charge in [-0.3, -0.25) is 0 Å². The van der Waals surface area contributed by atoms with Crippen molar-refractivity contribution in [2.45, 2.75) is 83.6 Å². The predicted octanol–water partition coefficient (Wildman–Crippen LogP) is 3.80. The van der Waals surface area contributed by atoms with Gasteiger partial charge in [0.1, 0.15) is 0 Å². The Morgan fingerprint density at radius 1 is 0.857 bits per heavy atom. The van der Waals surface area contributed by atoms with Crippen LogP contribution in [0.3, 0.4) is 0 Å². The van der Waals surface area contributed by atoms with E-state index < -0.39 is 0 Å². The van der Waals surface area contributed by atoms with Gasteiger partial charge in [0.25, 0.3) is 0 Å². The van der Waals surface area contributed by atoms with E-state index in [0.29, 0.717) is 6.54 Å². The molecule has 0 heterocycles. The van der Waals surface area contributed by atoms with Gasteiger partial charge < -0.3 is 15.5 Å². The van der Waals surface area contributed by atoms with Crippen LogP contribution < -0.4 is 5.32 Å². The summed E-state index contributed by atoms with van der Waals surface area (Å²) in [6.45, 7) is 3.01. The van der Waals surface area contributed by atoms with E-state index in [1.807, 2.05) is 6.08 Å². The second-order valence-corrected chi connectivity index (χ2v) is 5.87. The fourth-order valence-corrected chi connectivity index (χ4v) is 2.45. The molecule has 0 amide bonds. The molecule has 0 radical (unpaired) electrons. The Bertz CT molecular complexity index is 219. The van der Waals surface area contributed by atoms with Crippen molar-refractivity contribution in [3.8, 4) is 0 Å². The molecule has 1 unspecified atom stereocenters. The van der Waals surface area contributed by atoms with Gasteiger partial charge in [-0.25, -0.2) is 0 Å². The van der Waals surface area contributed by atoms with Crippen molar-refractivity contribution in [1.82, 2.24) is 5.32 Å². The summed E-state index contributed by atoms with van der Waals surface area (Å²) in [5.41, 5.74) is 0. The topological polar surface area (TPSA) is 52.5 Å². The van der Waals surface area contributed by atoms with E-state index in [0.717, 1.165) is 6.42 Å². The third kappa shape index (κ3) is 15.8. The summed E-state index contributed by atoms with van der Waals surface area (Å²) in [6, 6.07) is -0.0136. The van der Waals surface area contributed by atoms with Crippen molar-refractivity contribution >= 4 is 0 Å². The van der Waals surface area contributed by atoms with E-state index in [4.69, 9.17) is 10.2 Å². The molecule has 1 atom stereocenters. The highest BCUT2D eigenvalue weighted by molar-refractivity contribution is 4.92. The van der Waals surface area contributed by atoms with Gasteiger partial charge in [-0.2, -0.15) is 0 Å². The lowest BCUT2D eigenvalue weighted by Gasteiger charge is -2.10. The SMILES string of the molecule is CCCCCCCCCCCC/C=C/C(CO)NCCO. The molecule has 0 aromatic heterocycles. The number of aliphatic hydroxyl groups is 2. The van der Waals surface area contributed by atoms with Gasteiger partial charge in [0, 0.05) is 12.6 Å². The van der Waals surface area contributed by atoms with Crippen molar-refractivity contribution < 1.29 is 10.2 Å². The molecule has 3 nitrogen and oxygen atoms in total. The van der Waals surface area contributed by atoms with Gasteiger partial charge in [-0.05, 0) is 12.8 Å². The van der Waals surface area contributed by atoms with Gasteiger partial charge >= 0.3 is 0 Å². The Balaban J connectivity index is 3.27. The van der Waals surface area contributed by atoms with E-state index >= 15 is 0 Å². The average Bonchev–Trinajstić information content (AvgIpc) is 2.51. The summed E-state index contributed by atoms with van der Waals surface area (Å²) in [4.78, 5) is 0. The monoisotopic (exact) mass is 299 g/mol. The first-order chi connectivity index (χ1) is 10.3. The zero-order chi connectivity index (χ0) is 15.6. The van der Waals surface area contributed by atoms with Gasteiger partial charge in [0.05, 0.1) is 13.2 Å². The summed E-state index contributed by atoms with van der Waals surface area (Å²) < 4.78 is 0. The number of allylic oxidation sites excluding steroid dienone is 1. The highest BCUT2D eigenvalue weighted by Crippen LogP contribution is 2.11. The van der Waals surface area contributed by atoms with Crippen LogP contribution in [0.1, 0.15) is 77.6 Å². The third-order valence-electron chi connectivity index (χ3n) is 3.81. The van der Waals surface area contributed by atoms with Crippen molar-refractivity contribution in [2.24, 2.45) is 0 Å². The van der Waals surface area contributed by atoms with Crippen LogP contribution in [-0.2, 0) is 0 Å². The standard InChI is InChI=1S/C18H37NO2/c1-2-3-4-5-6-7-8-9-10-11-12-13-14-18(17-21)19-15-16-20/h13-14,18-21H,2-12,15-17H2,1H3/b14-13+. The van der Waals surface area contributed by atoms with Crippen LogP contribution in [0.5, 0.6) is 0 Å². The maximum Gasteiger partial charge on any atom is 0.0620 e. The fourth-order valence-electron chi connectivity index (χ4n) is 2.45. The molecule has 0 aliphatic carbocycles. The second-order valence-electron chi connectivity index (χ2n) is 5.87. The number of rotatable bonds is 16. The number of hydrogen-bond donors (Lipinski definition) is 3. The van der Waals surface area contributed by atoms with Crippen LogP contribution in [0.4, 0.5) is 0 Å². The quantitative estimate of drug-likeness (QED) is 0.300. The van der Waals surface area contributed by atoms with Crippen LogP contribution >= 0.6 is 0 Å². The second kappa shape index (κ2) is 17.7. The predicted molar refractivity (Wildman–Crippen MR) is 91.6 cm³/mol. The molecule has 0 rings (SSSR count). The summed E-state index contributed by atoms with van der Waals surface area (Å²) in [5, 5.41) is 20.9. The molecule has 0 saturated carbocycles. The molecule has 0 spiro atoms. The molecular weight excluding hydrogens is 262 g/mol. The van der Waals surface area contributed by atoms with Crippen molar-refractivity contribution in [2.75, 3.05) is 19.8 Å². The molecule has 0 aromatic rings. The molecule has 0 bridgehead atoms. The van der Waals surface area contributed by atoms with E-state index in [9.17, 15) is 0 Å². The first kappa shape index (κ1) is 20.6. The number of aliphatic hydroxyl groups excluding tert-OH is 2. The first-order valence-corrected chi connectivity index (χ1v) is 8.96. The Kier molecular flexibility index (Phi) is 17.4. The molecule has 0 aliphatic rings. The molecule has 0 aromatic carbocycles. The Labute approximate surface area is 131 Å². The number of nitrogens with one attached hydrogen (secondary N) is 1. The minimum Gasteiger partial charge on any atom is -0.395 e. The molecule has 21 heavy (non-hydrogen) atoms. The minimum atomic E-state index is -0.0136.